The Hall–Kier alpha value is -1.32. The van der Waals surface area contributed by atoms with E-state index in [1.54, 1.807) is 7.11 Å². The van der Waals surface area contributed by atoms with Gasteiger partial charge in [-0.15, -0.1) is 0 Å². The molecule has 0 spiro atoms. The van der Waals surface area contributed by atoms with Gasteiger partial charge in [0.25, 0.3) is 0 Å². The Morgan fingerprint density at radius 1 is 1.28 bits per heavy atom. The number of rotatable bonds is 5. The van der Waals surface area contributed by atoms with Gasteiger partial charge in [-0.3, -0.25) is 0 Å². The summed E-state index contributed by atoms with van der Waals surface area (Å²) >= 11 is 0. The van der Waals surface area contributed by atoms with E-state index < -0.39 is 0 Å². The molecule has 3 heteroatoms. The van der Waals surface area contributed by atoms with E-state index in [9.17, 15) is 0 Å². The molecule has 0 amide bonds. The first-order chi connectivity index (χ1) is 8.65. The topological polar surface area (TPSA) is 26.2 Å². The number of benzene rings is 1. The maximum Gasteiger partial charge on any atom is 0.0587 e. The average molecular weight is 246 g/mol. The number of nitrogens with one attached hydrogen (secondary N) is 1. The molecule has 0 radical (unpaired) electrons. The number of aryl methyl sites for hydroxylation is 2. The summed E-state index contributed by atoms with van der Waals surface area (Å²) < 4.78 is 7.28. The fraction of sp³-hybridized carbons (Fsp3) is 0.467. The van der Waals surface area contributed by atoms with Crippen LogP contribution in [-0.2, 0) is 18.3 Å². The number of hydrogen-bond acceptors (Lipinski definition) is 2. The van der Waals surface area contributed by atoms with Crippen LogP contribution in [0.25, 0.3) is 10.9 Å². The van der Waals surface area contributed by atoms with Crippen molar-refractivity contribution in [1.29, 1.82) is 0 Å². The number of fused-ring (bicyclic) bond motifs is 1. The van der Waals surface area contributed by atoms with Crippen molar-refractivity contribution in [2.75, 3.05) is 20.3 Å². The zero-order valence-corrected chi connectivity index (χ0v) is 11.7. The van der Waals surface area contributed by atoms with E-state index in [0.29, 0.717) is 0 Å². The lowest BCUT2D eigenvalue weighted by atomic mass is 10.1. The van der Waals surface area contributed by atoms with Crippen LogP contribution < -0.4 is 5.32 Å². The molecule has 1 aromatic heterocycles. The minimum Gasteiger partial charge on any atom is -0.383 e. The largest absolute Gasteiger partial charge is 0.383 e. The molecule has 1 heterocycles. The molecule has 2 rings (SSSR count). The van der Waals surface area contributed by atoms with Crippen molar-refractivity contribution in [3.63, 3.8) is 0 Å². The molecule has 3 nitrogen and oxygen atoms in total. The molecule has 2 aromatic rings. The van der Waals surface area contributed by atoms with Crippen LogP contribution in [0.1, 0.15) is 16.8 Å². The second-order valence-corrected chi connectivity index (χ2v) is 4.79. The summed E-state index contributed by atoms with van der Waals surface area (Å²) in [6.07, 6.45) is 0. The van der Waals surface area contributed by atoms with Crippen LogP contribution in [0.5, 0.6) is 0 Å². The Balaban J connectivity index is 2.19. The summed E-state index contributed by atoms with van der Waals surface area (Å²) in [4.78, 5) is 0. The molecule has 0 saturated carbocycles. The lowest BCUT2D eigenvalue weighted by Gasteiger charge is -2.05. The zero-order chi connectivity index (χ0) is 13.1. The Morgan fingerprint density at radius 3 is 2.78 bits per heavy atom. The average Bonchev–Trinajstić information content (AvgIpc) is 2.60. The Labute approximate surface area is 109 Å². The monoisotopic (exact) mass is 246 g/mol. The van der Waals surface area contributed by atoms with Crippen molar-refractivity contribution in [2.24, 2.45) is 7.05 Å². The molecular formula is C15H22N2O. The lowest BCUT2D eigenvalue weighted by Crippen LogP contribution is -2.18. The highest BCUT2D eigenvalue weighted by molar-refractivity contribution is 5.85. The van der Waals surface area contributed by atoms with Crippen LogP contribution in [0, 0.1) is 13.8 Å². The van der Waals surface area contributed by atoms with Gasteiger partial charge in [0.15, 0.2) is 0 Å². The van der Waals surface area contributed by atoms with Crippen LogP contribution >= 0.6 is 0 Å². The highest BCUT2D eigenvalue weighted by Crippen LogP contribution is 2.24. The van der Waals surface area contributed by atoms with E-state index in [0.717, 1.165) is 19.7 Å². The van der Waals surface area contributed by atoms with E-state index >= 15 is 0 Å². The summed E-state index contributed by atoms with van der Waals surface area (Å²) in [5, 5.41) is 4.74. The van der Waals surface area contributed by atoms with E-state index in [2.05, 4.69) is 49.0 Å². The standard InChI is InChI=1S/C15H22N2O/c1-11-12(2)17(3)15-6-5-13(9-14(11)15)10-16-7-8-18-4/h5-6,9,16H,7-8,10H2,1-4H3. The van der Waals surface area contributed by atoms with Crippen molar-refractivity contribution in [1.82, 2.24) is 9.88 Å². The van der Waals surface area contributed by atoms with Gasteiger partial charge < -0.3 is 14.6 Å². The van der Waals surface area contributed by atoms with Crippen molar-refractivity contribution < 1.29 is 4.74 Å². The van der Waals surface area contributed by atoms with Gasteiger partial charge in [0.05, 0.1) is 6.61 Å². The highest BCUT2D eigenvalue weighted by Gasteiger charge is 2.08. The quantitative estimate of drug-likeness (QED) is 0.821. The second kappa shape index (κ2) is 5.55. The molecule has 0 unspecified atom stereocenters. The van der Waals surface area contributed by atoms with Crippen LogP contribution in [0.4, 0.5) is 0 Å². The molecule has 0 aliphatic rings. The van der Waals surface area contributed by atoms with Crippen LogP contribution in [-0.4, -0.2) is 24.8 Å². The van der Waals surface area contributed by atoms with Crippen molar-refractivity contribution in [2.45, 2.75) is 20.4 Å². The van der Waals surface area contributed by atoms with Crippen LogP contribution in [0.15, 0.2) is 18.2 Å². The van der Waals surface area contributed by atoms with Crippen LogP contribution in [0.3, 0.4) is 0 Å². The molecule has 0 aliphatic heterocycles. The Kier molecular flexibility index (Phi) is 4.04. The first-order valence-electron chi connectivity index (χ1n) is 6.39. The fourth-order valence-electron chi connectivity index (χ4n) is 2.32. The van der Waals surface area contributed by atoms with Crippen LogP contribution in [0.2, 0.25) is 0 Å². The van der Waals surface area contributed by atoms with E-state index in [1.165, 1.54) is 27.7 Å². The van der Waals surface area contributed by atoms with Gasteiger partial charge in [0.2, 0.25) is 0 Å². The summed E-state index contributed by atoms with van der Waals surface area (Å²) in [7, 11) is 3.85. The van der Waals surface area contributed by atoms with E-state index in [-0.39, 0.29) is 0 Å². The third-order valence-electron chi connectivity index (χ3n) is 3.68. The maximum absolute atomic E-state index is 5.02. The van der Waals surface area contributed by atoms with Gasteiger partial charge >= 0.3 is 0 Å². The molecule has 0 saturated heterocycles. The molecule has 98 valence electrons. The number of hydrogen-bond donors (Lipinski definition) is 1. The predicted molar refractivity (Wildman–Crippen MR) is 76.0 cm³/mol. The molecule has 0 fully saturated rings. The van der Waals surface area contributed by atoms with Crippen molar-refractivity contribution in [3.05, 3.63) is 35.0 Å². The minimum absolute atomic E-state index is 0.756. The smallest absolute Gasteiger partial charge is 0.0587 e. The van der Waals surface area contributed by atoms with Gasteiger partial charge in [-0.05, 0) is 37.1 Å². The van der Waals surface area contributed by atoms with E-state index in [4.69, 9.17) is 4.74 Å². The third-order valence-corrected chi connectivity index (χ3v) is 3.68. The molecule has 1 aromatic carbocycles. The maximum atomic E-state index is 5.02. The first kappa shape index (κ1) is 13.1. The zero-order valence-electron chi connectivity index (χ0n) is 11.7. The van der Waals surface area contributed by atoms with Crippen molar-refractivity contribution >= 4 is 10.9 Å². The summed E-state index contributed by atoms with van der Waals surface area (Å²) in [5.41, 5.74) is 5.36. The molecule has 0 aliphatic carbocycles. The summed E-state index contributed by atoms with van der Waals surface area (Å²) in [6.45, 7) is 6.91. The Bertz CT molecular complexity index is 543. The van der Waals surface area contributed by atoms with Crippen molar-refractivity contribution in [3.8, 4) is 0 Å². The second-order valence-electron chi connectivity index (χ2n) is 4.79. The molecular weight excluding hydrogens is 224 g/mol. The Morgan fingerprint density at radius 2 is 2.06 bits per heavy atom. The summed E-state index contributed by atoms with van der Waals surface area (Å²) in [6, 6.07) is 6.70. The normalized spacial score (nSPS) is 11.3. The highest BCUT2D eigenvalue weighted by atomic mass is 16.5. The SMILES string of the molecule is COCCNCc1ccc2c(c1)c(C)c(C)n2C. The fourth-order valence-corrected chi connectivity index (χ4v) is 2.32. The predicted octanol–water partition coefficient (Wildman–Crippen LogP) is 2.53. The number of ether oxygens (including phenoxy) is 1. The van der Waals surface area contributed by atoms with Gasteiger partial charge in [-0.25, -0.2) is 0 Å². The lowest BCUT2D eigenvalue weighted by molar-refractivity contribution is 0.199. The number of nitrogens with zero attached hydrogens (tertiary/aromatic N) is 1. The molecule has 1 N–H and O–H groups in total. The molecule has 0 atom stereocenters. The molecule has 18 heavy (non-hydrogen) atoms. The number of aromatic nitrogens is 1. The third kappa shape index (κ3) is 2.42. The van der Waals surface area contributed by atoms with Gasteiger partial charge in [-0.1, -0.05) is 6.07 Å². The summed E-state index contributed by atoms with van der Waals surface area (Å²) in [5.74, 6) is 0. The van der Waals surface area contributed by atoms with Gasteiger partial charge in [0, 0.05) is 43.8 Å². The number of methoxy groups -OCH3 is 1. The van der Waals surface area contributed by atoms with Gasteiger partial charge in [0.1, 0.15) is 0 Å². The van der Waals surface area contributed by atoms with E-state index in [1.807, 2.05) is 0 Å². The molecule has 0 bridgehead atoms. The van der Waals surface area contributed by atoms with Gasteiger partial charge in [-0.2, -0.15) is 0 Å². The minimum atomic E-state index is 0.756. The first-order valence-corrected chi connectivity index (χ1v) is 6.39.